The van der Waals surface area contributed by atoms with Crippen molar-refractivity contribution in [3.63, 3.8) is 0 Å². The van der Waals surface area contributed by atoms with Crippen LogP contribution in [0.2, 0.25) is 0 Å². The van der Waals surface area contributed by atoms with Crippen LogP contribution in [-0.4, -0.2) is 15.1 Å². The molecular formula is C13H9ClN6O4. The molecule has 122 valence electrons. The quantitative estimate of drug-likeness (QED) is 0.215. The van der Waals surface area contributed by atoms with Crippen LogP contribution in [0.1, 0.15) is 0 Å². The van der Waals surface area contributed by atoms with E-state index >= 15 is 0 Å². The fraction of sp³-hybridized carbons (Fsp3) is 0. The molecular weight excluding hydrogens is 340 g/mol. The number of benzene rings is 2. The molecule has 0 fully saturated rings. The molecule has 0 unspecified atom stereocenters. The molecule has 0 amide bonds. The number of amidine groups is 1. The number of rotatable bonds is 5. The highest BCUT2D eigenvalue weighted by Crippen LogP contribution is 2.20. The van der Waals surface area contributed by atoms with Crippen LogP contribution in [-0.2, 0) is 0 Å². The SMILES string of the molecule is O=[N+]([O-])c1cccc(N=N/C(Cl)=N/Nc2cccc([N+](=O)[O-])c2)c1. The Kier molecular flexibility index (Phi) is 5.47. The molecule has 10 nitrogen and oxygen atoms in total. The largest absolute Gasteiger partial charge is 0.275 e. The number of hydrogen-bond acceptors (Lipinski definition) is 7. The number of anilines is 1. The predicted molar refractivity (Wildman–Crippen MR) is 87.6 cm³/mol. The highest BCUT2D eigenvalue weighted by atomic mass is 35.5. The van der Waals surface area contributed by atoms with Gasteiger partial charge in [-0.1, -0.05) is 12.1 Å². The molecule has 0 bridgehead atoms. The van der Waals surface area contributed by atoms with Gasteiger partial charge in [-0.3, -0.25) is 25.7 Å². The number of azo groups is 1. The van der Waals surface area contributed by atoms with Crippen molar-refractivity contribution in [1.29, 1.82) is 0 Å². The van der Waals surface area contributed by atoms with E-state index in [0.717, 1.165) is 0 Å². The van der Waals surface area contributed by atoms with Crippen molar-refractivity contribution in [3.05, 3.63) is 68.8 Å². The number of nitro benzene ring substituents is 2. The Balaban J connectivity index is 2.06. The number of non-ortho nitro benzene ring substituents is 2. The summed E-state index contributed by atoms with van der Waals surface area (Å²) in [6.45, 7) is 0. The standard InChI is InChI=1S/C13H9ClN6O4/c14-13(17-15-9-3-1-5-11(7-9)19(21)22)18-16-10-4-2-6-12(8-10)20(23)24/h1-8,15H/b17-13+,18-16?. The van der Waals surface area contributed by atoms with Crippen LogP contribution in [0, 0.1) is 20.2 Å². The van der Waals surface area contributed by atoms with Crippen LogP contribution in [0.25, 0.3) is 0 Å². The molecule has 0 saturated heterocycles. The third-order valence-corrected chi connectivity index (χ3v) is 2.78. The van der Waals surface area contributed by atoms with Gasteiger partial charge in [0.15, 0.2) is 0 Å². The van der Waals surface area contributed by atoms with Gasteiger partial charge in [-0.15, -0.1) is 15.3 Å². The van der Waals surface area contributed by atoms with Gasteiger partial charge in [0, 0.05) is 24.3 Å². The van der Waals surface area contributed by atoms with E-state index in [4.69, 9.17) is 11.6 Å². The summed E-state index contributed by atoms with van der Waals surface area (Å²) in [5.74, 6) is 0. The van der Waals surface area contributed by atoms with Gasteiger partial charge >= 0.3 is 0 Å². The van der Waals surface area contributed by atoms with Crippen LogP contribution < -0.4 is 5.43 Å². The molecule has 0 aromatic heterocycles. The molecule has 0 atom stereocenters. The highest BCUT2D eigenvalue weighted by molar-refractivity contribution is 6.64. The molecule has 0 aliphatic rings. The average molecular weight is 349 g/mol. The van der Waals surface area contributed by atoms with Crippen molar-refractivity contribution < 1.29 is 9.85 Å². The van der Waals surface area contributed by atoms with E-state index < -0.39 is 9.85 Å². The molecule has 0 aliphatic carbocycles. The Morgan fingerprint density at radius 1 is 1.00 bits per heavy atom. The molecule has 0 radical (unpaired) electrons. The zero-order chi connectivity index (χ0) is 17.5. The summed E-state index contributed by atoms with van der Waals surface area (Å²) in [5, 5.41) is 32.0. The molecule has 0 aliphatic heterocycles. The Hall–Kier alpha value is -3.40. The summed E-state index contributed by atoms with van der Waals surface area (Å²) in [7, 11) is 0. The first-order valence-corrected chi connectivity index (χ1v) is 6.73. The second-order valence-corrected chi connectivity index (χ2v) is 4.62. The van der Waals surface area contributed by atoms with Crippen LogP contribution in [0.3, 0.4) is 0 Å². The van der Waals surface area contributed by atoms with Gasteiger partial charge < -0.3 is 0 Å². The smallest absolute Gasteiger partial charge is 0.271 e. The first kappa shape index (κ1) is 17.0. The molecule has 0 spiro atoms. The van der Waals surface area contributed by atoms with E-state index in [9.17, 15) is 20.2 Å². The Morgan fingerprint density at radius 3 is 2.29 bits per heavy atom. The average Bonchev–Trinajstić information content (AvgIpc) is 2.58. The minimum atomic E-state index is -0.557. The Morgan fingerprint density at radius 2 is 1.62 bits per heavy atom. The van der Waals surface area contributed by atoms with E-state index in [1.54, 1.807) is 6.07 Å². The number of hydrogen-bond donors (Lipinski definition) is 1. The second-order valence-electron chi connectivity index (χ2n) is 4.28. The van der Waals surface area contributed by atoms with Crippen molar-refractivity contribution in [2.75, 3.05) is 5.43 Å². The lowest BCUT2D eigenvalue weighted by molar-refractivity contribution is -0.385. The maximum Gasteiger partial charge on any atom is 0.271 e. The van der Waals surface area contributed by atoms with Crippen molar-refractivity contribution in [2.45, 2.75) is 0 Å². The molecule has 11 heteroatoms. The highest BCUT2D eigenvalue weighted by Gasteiger charge is 2.06. The zero-order valence-corrected chi connectivity index (χ0v) is 12.6. The number of nitrogens with zero attached hydrogens (tertiary/aromatic N) is 5. The van der Waals surface area contributed by atoms with E-state index in [-0.39, 0.29) is 22.4 Å². The summed E-state index contributed by atoms with van der Waals surface area (Å²) in [5.41, 5.74) is 2.83. The van der Waals surface area contributed by atoms with Crippen LogP contribution in [0.15, 0.2) is 63.9 Å². The summed E-state index contributed by atoms with van der Waals surface area (Å²) < 4.78 is 0. The van der Waals surface area contributed by atoms with Crippen molar-refractivity contribution in [2.24, 2.45) is 15.3 Å². The number of nitro groups is 2. The fourth-order valence-electron chi connectivity index (χ4n) is 1.59. The zero-order valence-electron chi connectivity index (χ0n) is 11.9. The Bertz CT molecular complexity index is 839. The third-order valence-electron chi connectivity index (χ3n) is 2.62. The van der Waals surface area contributed by atoms with E-state index in [2.05, 4.69) is 20.8 Å². The summed E-state index contributed by atoms with van der Waals surface area (Å²) in [6, 6.07) is 11.1. The molecule has 0 heterocycles. The first-order chi connectivity index (χ1) is 11.5. The number of halogens is 1. The minimum absolute atomic E-state index is 0.107. The van der Waals surface area contributed by atoms with Gasteiger partial charge in [0.1, 0.15) is 0 Å². The second kappa shape index (κ2) is 7.74. The maximum atomic E-state index is 10.7. The predicted octanol–water partition coefficient (Wildman–Crippen LogP) is 4.21. The van der Waals surface area contributed by atoms with Crippen molar-refractivity contribution >= 4 is 39.6 Å². The van der Waals surface area contributed by atoms with Gasteiger partial charge in [-0.25, -0.2) is 0 Å². The lowest BCUT2D eigenvalue weighted by Gasteiger charge is -1.99. The van der Waals surface area contributed by atoms with Gasteiger partial charge in [-0.2, -0.15) is 0 Å². The van der Waals surface area contributed by atoms with Crippen molar-refractivity contribution in [3.8, 4) is 0 Å². The molecule has 24 heavy (non-hydrogen) atoms. The molecule has 2 aromatic rings. The normalized spacial score (nSPS) is 11.5. The minimum Gasteiger partial charge on any atom is -0.275 e. The Labute approximate surface area is 139 Å². The van der Waals surface area contributed by atoms with Crippen LogP contribution in [0.5, 0.6) is 0 Å². The van der Waals surface area contributed by atoms with Gasteiger partial charge in [0.05, 0.1) is 21.2 Å². The van der Waals surface area contributed by atoms with Gasteiger partial charge in [0.25, 0.3) is 16.7 Å². The maximum absolute atomic E-state index is 10.7. The fourth-order valence-corrected chi connectivity index (χ4v) is 1.67. The first-order valence-electron chi connectivity index (χ1n) is 6.35. The molecule has 2 aromatic carbocycles. The molecule has 0 saturated carbocycles. The summed E-state index contributed by atoms with van der Waals surface area (Å²) >= 11 is 5.74. The molecule has 2 rings (SSSR count). The van der Waals surface area contributed by atoms with Crippen molar-refractivity contribution in [1.82, 2.24) is 0 Å². The lowest BCUT2D eigenvalue weighted by atomic mass is 10.3. The summed E-state index contributed by atoms with van der Waals surface area (Å²) in [6.07, 6.45) is 0. The molecule has 1 N–H and O–H groups in total. The summed E-state index contributed by atoms with van der Waals surface area (Å²) in [4.78, 5) is 20.2. The van der Waals surface area contributed by atoms with Gasteiger partial charge in [-0.05, 0) is 23.7 Å². The van der Waals surface area contributed by atoms with E-state index in [1.807, 2.05) is 0 Å². The number of hydrazone groups is 1. The monoisotopic (exact) mass is 348 g/mol. The van der Waals surface area contributed by atoms with Gasteiger partial charge in [0.2, 0.25) is 0 Å². The lowest BCUT2D eigenvalue weighted by Crippen LogP contribution is -1.94. The van der Waals surface area contributed by atoms with E-state index in [0.29, 0.717) is 5.69 Å². The topological polar surface area (TPSA) is 135 Å². The number of nitrogens with one attached hydrogen (secondary N) is 1. The van der Waals surface area contributed by atoms with Crippen LogP contribution >= 0.6 is 11.6 Å². The van der Waals surface area contributed by atoms with Crippen LogP contribution in [0.4, 0.5) is 22.7 Å². The third kappa shape index (κ3) is 4.81. The van der Waals surface area contributed by atoms with E-state index in [1.165, 1.54) is 42.5 Å².